The summed E-state index contributed by atoms with van der Waals surface area (Å²) in [5, 5.41) is 1.22. The summed E-state index contributed by atoms with van der Waals surface area (Å²) in [7, 11) is 1.80. The summed E-state index contributed by atoms with van der Waals surface area (Å²) in [5.41, 5.74) is 4.10. The first-order valence-corrected chi connectivity index (χ1v) is 12.3. The second-order valence-corrected chi connectivity index (χ2v) is 9.30. The van der Waals surface area contributed by atoms with Crippen LogP contribution < -0.4 is 9.64 Å². The van der Waals surface area contributed by atoms with Crippen molar-refractivity contribution in [1.29, 1.82) is 0 Å². The number of pyridine rings is 1. The van der Waals surface area contributed by atoms with Crippen molar-refractivity contribution >= 4 is 16.7 Å². The number of nitrogens with zero attached hydrogens (tertiary/aromatic N) is 3. The molecular formula is C28H35N3O. The number of methoxy groups -OCH3 is 1. The first kappa shape index (κ1) is 21.3. The predicted molar refractivity (Wildman–Crippen MR) is 133 cm³/mol. The minimum atomic E-state index is 0.713. The molecule has 5 rings (SSSR count). The molecule has 1 atom stereocenters. The fourth-order valence-corrected chi connectivity index (χ4v) is 5.56. The van der Waals surface area contributed by atoms with Crippen LogP contribution in [0.4, 0.5) is 5.82 Å². The van der Waals surface area contributed by atoms with Gasteiger partial charge >= 0.3 is 0 Å². The second kappa shape index (κ2) is 9.91. The zero-order valence-electron chi connectivity index (χ0n) is 19.3. The van der Waals surface area contributed by atoms with Crippen molar-refractivity contribution < 1.29 is 4.74 Å². The van der Waals surface area contributed by atoms with E-state index < -0.39 is 0 Å². The number of benzene rings is 2. The molecule has 1 fully saturated rings. The van der Waals surface area contributed by atoms with Gasteiger partial charge in [-0.3, -0.25) is 4.90 Å². The lowest BCUT2D eigenvalue weighted by molar-refractivity contribution is 0.250. The van der Waals surface area contributed by atoms with Gasteiger partial charge in [-0.25, -0.2) is 4.98 Å². The van der Waals surface area contributed by atoms with Crippen molar-refractivity contribution in [2.45, 2.75) is 44.4 Å². The number of hydrogen-bond acceptors (Lipinski definition) is 4. The Morgan fingerprint density at radius 3 is 2.69 bits per heavy atom. The lowest BCUT2D eigenvalue weighted by Gasteiger charge is -2.35. The zero-order chi connectivity index (χ0) is 21.8. The van der Waals surface area contributed by atoms with E-state index in [0.29, 0.717) is 5.92 Å². The Labute approximate surface area is 192 Å². The third-order valence-corrected chi connectivity index (χ3v) is 7.37. The fraction of sp³-hybridized carbons (Fsp3) is 0.464. The average molecular weight is 430 g/mol. The lowest BCUT2D eigenvalue weighted by atomic mass is 9.80. The van der Waals surface area contributed by atoms with Crippen LogP contribution in [0, 0.1) is 0 Å². The van der Waals surface area contributed by atoms with Gasteiger partial charge in [0.2, 0.25) is 0 Å². The number of fused-ring (bicyclic) bond motifs is 2. The molecule has 1 aromatic heterocycles. The molecule has 0 bridgehead atoms. The van der Waals surface area contributed by atoms with Crippen molar-refractivity contribution in [3.8, 4) is 5.75 Å². The molecular weight excluding hydrogens is 394 g/mol. The van der Waals surface area contributed by atoms with Crippen molar-refractivity contribution in [3.05, 3.63) is 65.7 Å². The summed E-state index contributed by atoms with van der Waals surface area (Å²) >= 11 is 0. The molecule has 168 valence electrons. The van der Waals surface area contributed by atoms with Crippen LogP contribution in [0.1, 0.15) is 49.1 Å². The standard InChI is InChI=1S/C28H35N3O/c1-32-27-14-7-11-24-22(10-6-12-25(24)27)8-4-5-17-30-18-20-31(21-19-30)28-16-15-23-9-2-3-13-26(23)29-28/h2-3,7,9,11,13-16,22H,4-6,8,10,12,17-21H2,1H3. The SMILES string of the molecule is COc1cccc2c1CCCC2CCCCN1CCN(c2ccc3ccccc3n2)CC1. The first-order chi connectivity index (χ1) is 15.8. The number of anilines is 1. The van der Waals surface area contributed by atoms with E-state index in [1.54, 1.807) is 12.7 Å². The van der Waals surface area contributed by atoms with Gasteiger partial charge in [-0.2, -0.15) is 0 Å². The van der Waals surface area contributed by atoms with Crippen LogP contribution >= 0.6 is 0 Å². The molecule has 32 heavy (non-hydrogen) atoms. The molecule has 1 aliphatic heterocycles. The van der Waals surface area contributed by atoms with E-state index in [-0.39, 0.29) is 0 Å². The minimum Gasteiger partial charge on any atom is -0.496 e. The zero-order valence-corrected chi connectivity index (χ0v) is 19.3. The Balaban J connectivity index is 1.08. The van der Waals surface area contributed by atoms with E-state index in [2.05, 4.69) is 64.4 Å². The van der Waals surface area contributed by atoms with E-state index in [1.165, 1.54) is 56.0 Å². The van der Waals surface area contributed by atoms with Crippen molar-refractivity contribution in [1.82, 2.24) is 9.88 Å². The molecule has 4 nitrogen and oxygen atoms in total. The maximum Gasteiger partial charge on any atom is 0.129 e. The van der Waals surface area contributed by atoms with Gasteiger partial charge in [-0.05, 0) is 80.0 Å². The number of hydrogen-bond donors (Lipinski definition) is 0. The molecule has 0 spiro atoms. The van der Waals surface area contributed by atoms with Crippen molar-refractivity contribution in [2.75, 3.05) is 44.7 Å². The highest BCUT2D eigenvalue weighted by atomic mass is 16.5. The maximum atomic E-state index is 5.61. The van der Waals surface area contributed by atoms with Gasteiger partial charge in [0.05, 0.1) is 12.6 Å². The Kier molecular flexibility index (Phi) is 6.59. The molecule has 0 N–H and O–H groups in total. The summed E-state index contributed by atoms with van der Waals surface area (Å²) in [5.74, 6) is 2.92. The summed E-state index contributed by atoms with van der Waals surface area (Å²) in [4.78, 5) is 9.95. The average Bonchev–Trinajstić information content (AvgIpc) is 2.86. The van der Waals surface area contributed by atoms with Crippen LogP contribution in [0.5, 0.6) is 5.75 Å². The van der Waals surface area contributed by atoms with Crippen LogP contribution in [-0.4, -0.2) is 49.7 Å². The van der Waals surface area contributed by atoms with E-state index in [1.807, 2.05) is 0 Å². The summed E-state index contributed by atoms with van der Waals surface area (Å²) in [6.07, 6.45) is 7.71. The number of unbranched alkanes of at least 4 members (excludes halogenated alkanes) is 1. The molecule has 0 amide bonds. The Bertz CT molecular complexity index is 1040. The molecule has 1 saturated heterocycles. The largest absolute Gasteiger partial charge is 0.496 e. The minimum absolute atomic E-state index is 0.713. The molecule has 2 aromatic carbocycles. The van der Waals surface area contributed by atoms with Gasteiger partial charge in [-0.1, -0.05) is 36.8 Å². The lowest BCUT2D eigenvalue weighted by Crippen LogP contribution is -2.46. The van der Waals surface area contributed by atoms with E-state index in [9.17, 15) is 0 Å². The van der Waals surface area contributed by atoms with Gasteiger partial charge in [0, 0.05) is 31.6 Å². The number of para-hydroxylation sites is 1. The van der Waals surface area contributed by atoms with Crippen LogP contribution in [-0.2, 0) is 6.42 Å². The highest BCUT2D eigenvalue weighted by Crippen LogP contribution is 2.39. The quantitative estimate of drug-likeness (QED) is 0.453. The number of aromatic nitrogens is 1. The predicted octanol–water partition coefficient (Wildman–Crippen LogP) is 5.66. The monoisotopic (exact) mass is 429 g/mol. The number of rotatable bonds is 7. The topological polar surface area (TPSA) is 28.6 Å². The molecule has 0 saturated carbocycles. The Hall–Kier alpha value is -2.59. The van der Waals surface area contributed by atoms with Crippen LogP contribution in [0.3, 0.4) is 0 Å². The molecule has 1 unspecified atom stereocenters. The van der Waals surface area contributed by atoms with Crippen molar-refractivity contribution in [2.24, 2.45) is 0 Å². The molecule has 4 heteroatoms. The highest BCUT2D eigenvalue weighted by molar-refractivity contribution is 5.80. The summed E-state index contributed by atoms with van der Waals surface area (Å²) in [6, 6.07) is 19.4. The Morgan fingerprint density at radius 1 is 0.938 bits per heavy atom. The maximum absolute atomic E-state index is 5.61. The molecule has 2 heterocycles. The first-order valence-electron chi connectivity index (χ1n) is 12.3. The third-order valence-electron chi connectivity index (χ3n) is 7.37. The Morgan fingerprint density at radius 2 is 1.81 bits per heavy atom. The highest BCUT2D eigenvalue weighted by Gasteiger charge is 2.23. The number of ether oxygens (including phenoxy) is 1. The second-order valence-electron chi connectivity index (χ2n) is 9.30. The van der Waals surface area contributed by atoms with E-state index in [4.69, 9.17) is 9.72 Å². The molecule has 2 aliphatic rings. The van der Waals surface area contributed by atoms with Gasteiger partial charge in [0.25, 0.3) is 0 Å². The van der Waals surface area contributed by atoms with Gasteiger partial charge in [0.1, 0.15) is 11.6 Å². The van der Waals surface area contributed by atoms with Crippen LogP contribution in [0.2, 0.25) is 0 Å². The molecule has 1 aliphatic carbocycles. The van der Waals surface area contributed by atoms with E-state index >= 15 is 0 Å². The van der Waals surface area contributed by atoms with Gasteiger partial charge < -0.3 is 9.64 Å². The van der Waals surface area contributed by atoms with E-state index in [0.717, 1.165) is 43.3 Å². The summed E-state index contributed by atoms with van der Waals surface area (Å²) < 4.78 is 5.61. The van der Waals surface area contributed by atoms with Crippen LogP contribution in [0.15, 0.2) is 54.6 Å². The number of piperazine rings is 1. The summed E-state index contributed by atoms with van der Waals surface area (Å²) in [6.45, 7) is 5.63. The third kappa shape index (κ3) is 4.61. The smallest absolute Gasteiger partial charge is 0.129 e. The van der Waals surface area contributed by atoms with Crippen molar-refractivity contribution in [3.63, 3.8) is 0 Å². The normalized spacial score (nSPS) is 19.2. The molecule has 0 radical (unpaired) electrons. The van der Waals surface area contributed by atoms with Crippen LogP contribution in [0.25, 0.3) is 10.9 Å². The fourth-order valence-electron chi connectivity index (χ4n) is 5.56. The van der Waals surface area contributed by atoms with Gasteiger partial charge in [0.15, 0.2) is 0 Å². The molecule has 3 aromatic rings. The van der Waals surface area contributed by atoms with Gasteiger partial charge in [-0.15, -0.1) is 0 Å².